The van der Waals surface area contributed by atoms with E-state index in [0.717, 1.165) is 46.9 Å². The molecule has 0 saturated carbocycles. The fourth-order valence-electron chi connectivity index (χ4n) is 2.66. The van der Waals surface area contributed by atoms with Crippen LogP contribution < -0.4 is 4.74 Å². The predicted molar refractivity (Wildman–Crippen MR) is 87.8 cm³/mol. The van der Waals surface area contributed by atoms with E-state index in [0.29, 0.717) is 6.04 Å². The summed E-state index contributed by atoms with van der Waals surface area (Å²) in [5.41, 5.74) is 0.721. The molecule has 0 aromatic heterocycles. The summed E-state index contributed by atoms with van der Waals surface area (Å²) in [5.74, 6) is 0.871. The lowest BCUT2D eigenvalue weighted by atomic mass is 9.99. The van der Waals surface area contributed by atoms with Crippen LogP contribution in [0.25, 0.3) is 0 Å². The summed E-state index contributed by atoms with van der Waals surface area (Å²) >= 11 is 6.93. The number of likely N-dealkylation sites (tertiary alicyclic amines) is 1. The van der Waals surface area contributed by atoms with E-state index in [1.807, 2.05) is 23.1 Å². The fraction of sp³-hybridized carbons (Fsp3) is 0.533. The molecule has 5 heteroatoms. The molecule has 0 radical (unpaired) electrons. The van der Waals surface area contributed by atoms with Gasteiger partial charge in [-0.2, -0.15) is 0 Å². The number of benzene rings is 1. The highest BCUT2D eigenvalue weighted by molar-refractivity contribution is 9.10. The van der Waals surface area contributed by atoms with Crippen LogP contribution in [0, 0.1) is 0 Å². The summed E-state index contributed by atoms with van der Waals surface area (Å²) in [6.07, 6.45) is 4.44. The van der Waals surface area contributed by atoms with Crippen molar-refractivity contribution in [2.24, 2.45) is 0 Å². The number of carbonyl (C=O) groups excluding carboxylic acids is 1. The number of hydrogen-bond acceptors (Lipinski definition) is 2. The number of amides is 1. The summed E-state index contributed by atoms with van der Waals surface area (Å²) < 4.78 is 6.03. The average molecular weight is 405 g/mol. The van der Waals surface area contributed by atoms with Gasteiger partial charge in [-0.3, -0.25) is 4.79 Å². The highest BCUT2D eigenvalue weighted by Crippen LogP contribution is 2.28. The zero-order valence-corrected chi connectivity index (χ0v) is 14.7. The van der Waals surface area contributed by atoms with E-state index in [4.69, 9.17) is 4.74 Å². The minimum absolute atomic E-state index is 0.124. The first-order chi connectivity index (χ1) is 9.67. The van der Waals surface area contributed by atoms with Gasteiger partial charge in [0, 0.05) is 23.5 Å². The standard InChI is InChI=1S/C15H19Br2NO2/c1-20-14-6-5-11(10-13(14)17)15(19)18-9-3-2-4-12(18)7-8-16/h5-6,10,12H,2-4,7-9H2,1H3. The van der Waals surface area contributed by atoms with Crippen LogP contribution in [0.5, 0.6) is 5.75 Å². The van der Waals surface area contributed by atoms with Gasteiger partial charge in [-0.1, -0.05) is 15.9 Å². The average Bonchev–Trinajstić information content (AvgIpc) is 2.47. The van der Waals surface area contributed by atoms with Crippen molar-refractivity contribution < 1.29 is 9.53 Å². The van der Waals surface area contributed by atoms with E-state index in [9.17, 15) is 4.79 Å². The Morgan fingerprint density at radius 2 is 2.25 bits per heavy atom. The van der Waals surface area contributed by atoms with E-state index in [1.54, 1.807) is 7.11 Å². The van der Waals surface area contributed by atoms with Gasteiger partial charge in [0.15, 0.2) is 0 Å². The quantitative estimate of drug-likeness (QED) is 0.702. The number of hydrogen-bond donors (Lipinski definition) is 0. The fourth-order valence-corrected chi connectivity index (χ4v) is 3.73. The molecular formula is C15H19Br2NO2. The molecule has 1 heterocycles. The molecule has 1 amide bonds. The number of halogens is 2. The highest BCUT2D eigenvalue weighted by Gasteiger charge is 2.27. The van der Waals surface area contributed by atoms with Gasteiger partial charge in [0.05, 0.1) is 11.6 Å². The number of alkyl halides is 1. The van der Waals surface area contributed by atoms with E-state index in [1.165, 1.54) is 6.42 Å². The molecular weight excluding hydrogens is 386 g/mol. The predicted octanol–water partition coefficient (Wildman–Crippen LogP) is 4.24. The third-order valence-electron chi connectivity index (χ3n) is 3.73. The van der Waals surface area contributed by atoms with Gasteiger partial charge in [-0.25, -0.2) is 0 Å². The minimum atomic E-state index is 0.124. The molecule has 0 spiro atoms. The SMILES string of the molecule is COc1ccc(C(=O)N2CCCCC2CCBr)cc1Br. The Bertz CT molecular complexity index is 477. The molecule has 1 atom stereocenters. The van der Waals surface area contributed by atoms with Gasteiger partial charge in [-0.05, 0) is 59.8 Å². The van der Waals surface area contributed by atoms with Crippen LogP contribution in [-0.4, -0.2) is 35.8 Å². The maximum Gasteiger partial charge on any atom is 0.254 e. The first kappa shape index (κ1) is 15.8. The van der Waals surface area contributed by atoms with Crippen LogP contribution in [0.15, 0.2) is 22.7 Å². The van der Waals surface area contributed by atoms with Crippen molar-refractivity contribution in [3.05, 3.63) is 28.2 Å². The van der Waals surface area contributed by atoms with Gasteiger partial charge in [0.25, 0.3) is 5.91 Å². The molecule has 1 aliphatic rings. The minimum Gasteiger partial charge on any atom is -0.496 e. The lowest BCUT2D eigenvalue weighted by Gasteiger charge is -2.35. The number of rotatable bonds is 4. The zero-order valence-electron chi connectivity index (χ0n) is 11.6. The summed E-state index contributed by atoms with van der Waals surface area (Å²) in [6.45, 7) is 0.861. The molecule has 20 heavy (non-hydrogen) atoms. The van der Waals surface area contributed by atoms with E-state index < -0.39 is 0 Å². The summed E-state index contributed by atoms with van der Waals surface area (Å²) in [7, 11) is 1.62. The monoisotopic (exact) mass is 403 g/mol. The van der Waals surface area contributed by atoms with Gasteiger partial charge in [-0.15, -0.1) is 0 Å². The van der Waals surface area contributed by atoms with Crippen LogP contribution in [0.1, 0.15) is 36.0 Å². The molecule has 1 aromatic rings. The molecule has 0 bridgehead atoms. The first-order valence-corrected chi connectivity index (χ1v) is 8.79. The second kappa shape index (κ2) is 7.46. The van der Waals surface area contributed by atoms with Crippen molar-refractivity contribution in [1.29, 1.82) is 0 Å². The maximum absolute atomic E-state index is 12.7. The molecule has 0 N–H and O–H groups in total. The number of methoxy groups -OCH3 is 1. The van der Waals surface area contributed by atoms with Gasteiger partial charge < -0.3 is 9.64 Å². The largest absolute Gasteiger partial charge is 0.496 e. The Morgan fingerprint density at radius 1 is 1.45 bits per heavy atom. The van der Waals surface area contributed by atoms with Crippen LogP contribution in [0.4, 0.5) is 0 Å². The Hall–Kier alpha value is -0.550. The molecule has 2 rings (SSSR count). The number of carbonyl (C=O) groups is 1. The Labute approximate surface area is 136 Å². The third kappa shape index (κ3) is 3.55. The number of ether oxygens (including phenoxy) is 1. The molecule has 1 saturated heterocycles. The van der Waals surface area contributed by atoms with Crippen molar-refractivity contribution in [1.82, 2.24) is 4.90 Å². The molecule has 110 valence electrons. The molecule has 0 aliphatic carbocycles. The Kier molecular flexibility index (Phi) is 5.90. The first-order valence-electron chi connectivity index (χ1n) is 6.88. The normalized spacial score (nSPS) is 18.9. The van der Waals surface area contributed by atoms with Gasteiger partial charge in [0.1, 0.15) is 5.75 Å². The zero-order chi connectivity index (χ0) is 14.5. The maximum atomic E-state index is 12.7. The number of piperidine rings is 1. The van der Waals surface area contributed by atoms with Crippen LogP contribution in [0.2, 0.25) is 0 Å². The van der Waals surface area contributed by atoms with Crippen molar-refractivity contribution in [2.75, 3.05) is 19.0 Å². The van der Waals surface area contributed by atoms with Gasteiger partial charge >= 0.3 is 0 Å². The topological polar surface area (TPSA) is 29.5 Å². The summed E-state index contributed by atoms with van der Waals surface area (Å²) in [6, 6.07) is 5.88. The second-order valence-corrected chi connectivity index (χ2v) is 6.62. The lowest BCUT2D eigenvalue weighted by Crippen LogP contribution is -2.43. The van der Waals surface area contributed by atoms with Crippen molar-refractivity contribution in [3.63, 3.8) is 0 Å². The van der Waals surface area contributed by atoms with E-state index in [-0.39, 0.29) is 5.91 Å². The second-order valence-electron chi connectivity index (χ2n) is 4.98. The molecule has 1 aromatic carbocycles. The van der Waals surface area contributed by atoms with Gasteiger partial charge in [0.2, 0.25) is 0 Å². The van der Waals surface area contributed by atoms with E-state index in [2.05, 4.69) is 31.9 Å². The molecule has 3 nitrogen and oxygen atoms in total. The van der Waals surface area contributed by atoms with Crippen LogP contribution in [-0.2, 0) is 0 Å². The van der Waals surface area contributed by atoms with Crippen molar-refractivity contribution >= 4 is 37.8 Å². The third-order valence-corrected chi connectivity index (χ3v) is 4.81. The number of nitrogens with zero attached hydrogens (tertiary/aromatic N) is 1. The van der Waals surface area contributed by atoms with Crippen molar-refractivity contribution in [2.45, 2.75) is 31.7 Å². The molecule has 1 fully saturated rings. The highest BCUT2D eigenvalue weighted by atomic mass is 79.9. The molecule has 1 unspecified atom stereocenters. The smallest absolute Gasteiger partial charge is 0.254 e. The summed E-state index contributed by atoms with van der Waals surface area (Å²) in [4.78, 5) is 14.7. The van der Waals surface area contributed by atoms with Crippen molar-refractivity contribution in [3.8, 4) is 5.75 Å². The Balaban J connectivity index is 2.18. The molecule has 1 aliphatic heterocycles. The Morgan fingerprint density at radius 3 is 2.90 bits per heavy atom. The van der Waals surface area contributed by atoms with E-state index >= 15 is 0 Å². The lowest BCUT2D eigenvalue weighted by molar-refractivity contribution is 0.0610. The van der Waals surface area contributed by atoms with Crippen LogP contribution in [0.3, 0.4) is 0 Å². The van der Waals surface area contributed by atoms with Crippen LogP contribution >= 0.6 is 31.9 Å². The summed E-state index contributed by atoms with van der Waals surface area (Å²) in [5, 5.41) is 0.938.